The Balaban J connectivity index is 1.57. The highest BCUT2D eigenvalue weighted by atomic mass is 16.5. The van der Waals surface area contributed by atoms with Crippen molar-refractivity contribution in [2.24, 2.45) is 0 Å². The van der Waals surface area contributed by atoms with Crippen LogP contribution in [0, 0.1) is 0 Å². The summed E-state index contributed by atoms with van der Waals surface area (Å²) in [7, 11) is 0. The van der Waals surface area contributed by atoms with Crippen LogP contribution in [0.2, 0.25) is 0 Å². The third kappa shape index (κ3) is 4.00. The van der Waals surface area contributed by atoms with Crippen molar-refractivity contribution in [3.8, 4) is 11.4 Å². The number of rotatable bonds is 7. The van der Waals surface area contributed by atoms with Crippen LogP contribution in [0.25, 0.3) is 5.69 Å². The van der Waals surface area contributed by atoms with Gasteiger partial charge in [-0.1, -0.05) is 24.3 Å². The summed E-state index contributed by atoms with van der Waals surface area (Å²) in [4.78, 5) is 3.97. The normalized spacial score (nSPS) is 12.1. The van der Waals surface area contributed by atoms with Crippen LogP contribution in [-0.2, 0) is 6.54 Å². The molecule has 0 radical (unpaired) electrons. The van der Waals surface area contributed by atoms with Crippen LogP contribution in [0.4, 0.5) is 0 Å². The molecule has 0 aliphatic carbocycles. The van der Waals surface area contributed by atoms with Gasteiger partial charge in [0.2, 0.25) is 0 Å². The SMILES string of the molecule is CCOc1ccc(CNC(C)c2ccc(-n3cncn3)cc2)cc1. The van der Waals surface area contributed by atoms with Gasteiger partial charge < -0.3 is 10.1 Å². The third-order valence-corrected chi connectivity index (χ3v) is 3.92. The lowest BCUT2D eigenvalue weighted by Crippen LogP contribution is -2.18. The van der Waals surface area contributed by atoms with Gasteiger partial charge in [-0.2, -0.15) is 5.10 Å². The molecule has 1 unspecified atom stereocenters. The van der Waals surface area contributed by atoms with Crippen LogP contribution in [0.15, 0.2) is 61.2 Å². The Morgan fingerprint density at radius 3 is 2.46 bits per heavy atom. The highest BCUT2D eigenvalue weighted by Crippen LogP contribution is 2.17. The zero-order valence-corrected chi connectivity index (χ0v) is 14.0. The first-order valence-corrected chi connectivity index (χ1v) is 8.16. The van der Waals surface area contributed by atoms with Gasteiger partial charge >= 0.3 is 0 Å². The first-order valence-electron chi connectivity index (χ1n) is 8.16. The van der Waals surface area contributed by atoms with E-state index in [9.17, 15) is 0 Å². The van der Waals surface area contributed by atoms with Gasteiger partial charge in [-0.05, 0) is 49.2 Å². The van der Waals surface area contributed by atoms with Crippen molar-refractivity contribution in [3.63, 3.8) is 0 Å². The lowest BCUT2D eigenvalue weighted by molar-refractivity contribution is 0.340. The van der Waals surface area contributed by atoms with E-state index in [2.05, 4.69) is 58.7 Å². The second-order valence-corrected chi connectivity index (χ2v) is 5.61. The van der Waals surface area contributed by atoms with Crippen LogP contribution in [-0.4, -0.2) is 21.4 Å². The van der Waals surface area contributed by atoms with Gasteiger partial charge in [-0.25, -0.2) is 9.67 Å². The predicted molar refractivity (Wildman–Crippen MR) is 94.2 cm³/mol. The zero-order chi connectivity index (χ0) is 16.8. The van der Waals surface area contributed by atoms with Crippen molar-refractivity contribution < 1.29 is 4.74 Å². The molecule has 1 aromatic heterocycles. The minimum atomic E-state index is 0.265. The van der Waals surface area contributed by atoms with Crippen molar-refractivity contribution >= 4 is 0 Å². The molecule has 3 rings (SSSR count). The maximum absolute atomic E-state index is 5.47. The van der Waals surface area contributed by atoms with Crippen molar-refractivity contribution in [1.82, 2.24) is 20.1 Å². The maximum Gasteiger partial charge on any atom is 0.138 e. The number of nitrogens with zero attached hydrogens (tertiary/aromatic N) is 3. The molecule has 2 aromatic carbocycles. The molecular formula is C19H22N4O. The zero-order valence-electron chi connectivity index (χ0n) is 14.0. The summed E-state index contributed by atoms with van der Waals surface area (Å²) in [6.07, 6.45) is 3.23. The number of aromatic nitrogens is 3. The molecule has 0 saturated carbocycles. The molecule has 0 spiro atoms. The molecule has 0 fully saturated rings. The smallest absolute Gasteiger partial charge is 0.138 e. The molecule has 0 aliphatic heterocycles. The van der Waals surface area contributed by atoms with E-state index in [1.807, 2.05) is 19.1 Å². The Kier molecular flexibility index (Phi) is 5.23. The lowest BCUT2D eigenvalue weighted by Gasteiger charge is -2.15. The first kappa shape index (κ1) is 16.2. The fourth-order valence-electron chi connectivity index (χ4n) is 2.52. The minimum absolute atomic E-state index is 0.265. The van der Waals surface area contributed by atoms with E-state index in [-0.39, 0.29) is 6.04 Å². The Bertz CT molecular complexity index is 736. The molecule has 5 heteroatoms. The third-order valence-electron chi connectivity index (χ3n) is 3.92. The van der Waals surface area contributed by atoms with E-state index in [0.717, 1.165) is 18.0 Å². The van der Waals surface area contributed by atoms with E-state index >= 15 is 0 Å². The van der Waals surface area contributed by atoms with Gasteiger partial charge in [-0.3, -0.25) is 0 Å². The van der Waals surface area contributed by atoms with Crippen LogP contribution in [0.5, 0.6) is 5.75 Å². The summed E-state index contributed by atoms with van der Waals surface area (Å²) in [5, 5.41) is 7.68. The van der Waals surface area contributed by atoms with Crippen LogP contribution >= 0.6 is 0 Å². The summed E-state index contributed by atoms with van der Waals surface area (Å²) in [5.74, 6) is 0.915. The molecule has 1 atom stereocenters. The minimum Gasteiger partial charge on any atom is -0.494 e. The molecular weight excluding hydrogens is 300 g/mol. The molecule has 24 heavy (non-hydrogen) atoms. The average Bonchev–Trinajstić information content (AvgIpc) is 3.16. The lowest BCUT2D eigenvalue weighted by atomic mass is 10.1. The molecule has 0 bridgehead atoms. The van der Waals surface area contributed by atoms with Crippen LogP contribution in [0.1, 0.15) is 31.0 Å². The summed E-state index contributed by atoms with van der Waals surface area (Å²) in [6.45, 7) is 5.67. The number of hydrogen-bond acceptors (Lipinski definition) is 4. The molecule has 5 nitrogen and oxygen atoms in total. The van der Waals surface area contributed by atoms with Gasteiger partial charge in [-0.15, -0.1) is 0 Å². The fourth-order valence-corrected chi connectivity index (χ4v) is 2.52. The van der Waals surface area contributed by atoms with E-state index in [1.165, 1.54) is 17.5 Å². The van der Waals surface area contributed by atoms with Crippen molar-refractivity contribution in [3.05, 3.63) is 72.3 Å². The van der Waals surface area contributed by atoms with Crippen molar-refractivity contribution in [2.75, 3.05) is 6.61 Å². The molecule has 1 heterocycles. The highest BCUT2D eigenvalue weighted by molar-refractivity contribution is 5.34. The second-order valence-electron chi connectivity index (χ2n) is 5.61. The summed E-state index contributed by atoms with van der Waals surface area (Å²) in [6, 6.07) is 16.8. The summed E-state index contributed by atoms with van der Waals surface area (Å²) < 4.78 is 7.22. The molecule has 124 valence electrons. The Labute approximate surface area is 142 Å². The number of ether oxygens (including phenoxy) is 1. The Morgan fingerprint density at radius 2 is 1.83 bits per heavy atom. The predicted octanol–water partition coefficient (Wildman–Crippen LogP) is 3.52. The van der Waals surface area contributed by atoms with Crippen molar-refractivity contribution in [2.45, 2.75) is 26.4 Å². The van der Waals surface area contributed by atoms with Gasteiger partial charge in [0.1, 0.15) is 18.4 Å². The van der Waals surface area contributed by atoms with Gasteiger partial charge in [0.25, 0.3) is 0 Å². The van der Waals surface area contributed by atoms with E-state index in [1.54, 1.807) is 11.0 Å². The van der Waals surface area contributed by atoms with Gasteiger partial charge in [0, 0.05) is 12.6 Å². The maximum atomic E-state index is 5.47. The highest BCUT2D eigenvalue weighted by Gasteiger charge is 2.06. The quantitative estimate of drug-likeness (QED) is 0.723. The number of nitrogens with one attached hydrogen (secondary N) is 1. The fraction of sp³-hybridized carbons (Fsp3) is 0.263. The Hall–Kier alpha value is -2.66. The summed E-state index contributed by atoms with van der Waals surface area (Å²) >= 11 is 0. The standard InChI is InChI=1S/C19H22N4O/c1-3-24-19-10-4-16(5-11-19)12-21-15(2)17-6-8-18(9-7-17)23-14-20-13-22-23/h4-11,13-15,21H,3,12H2,1-2H3. The van der Waals surface area contributed by atoms with Gasteiger partial charge in [0.15, 0.2) is 0 Å². The van der Waals surface area contributed by atoms with Gasteiger partial charge in [0.05, 0.1) is 12.3 Å². The second kappa shape index (κ2) is 7.75. The van der Waals surface area contributed by atoms with Crippen LogP contribution < -0.4 is 10.1 Å². The average molecular weight is 322 g/mol. The van der Waals surface area contributed by atoms with Crippen molar-refractivity contribution in [1.29, 1.82) is 0 Å². The first-order chi connectivity index (χ1) is 11.8. The molecule has 1 N–H and O–H groups in total. The summed E-state index contributed by atoms with van der Waals surface area (Å²) in [5.41, 5.74) is 3.49. The molecule has 0 aliphatic rings. The van der Waals surface area contributed by atoms with Crippen LogP contribution in [0.3, 0.4) is 0 Å². The van der Waals surface area contributed by atoms with E-state index in [4.69, 9.17) is 4.74 Å². The van der Waals surface area contributed by atoms with E-state index in [0.29, 0.717) is 6.61 Å². The Morgan fingerprint density at radius 1 is 1.08 bits per heavy atom. The topological polar surface area (TPSA) is 52.0 Å². The van der Waals surface area contributed by atoms with E-state index < -0.39 is 0 Å². The molecule has 0 saturated heterocycles. The number of benzene rings is 2. The number of hydrogen-bond donors (Lipinski definition) is 1. The largest absolute Gasteiger partial charge is 0.494 e. The molecule has 3 aromatic rings. The monoisotopic (exact) mass is 322 g/mol. The molecule has 0 amide bonds.